The summed E-state index contributed by atoms with van der Waals surface area (Å²) in [7, 11) is -2.35. The number of sulfonamides is 1. The van der Waals surface area contributed by atoms with Gasteiger partial charge < -0.3 is 9.30 Å². The molecule has 0 aliphatic rings. The largest absolute Gasteiger partial charge is 0.383 e. The van der Waals surface area contributed by atoms with Gasteiger partial charge in [0.1, 0.15) is 5.82 Å². The van der Waals surface area contributed by atoms with Gasteiger partial charge in [-0.2, -0.15) is 8.42 Å². The summed E-state index contributed by atoms with van der Waals surface area (Å²) in [5.41, 5.74) is 0.901. The van der Waals surface area contributed by atoms with Crippen LogP contribution in [0.3, 0.4) is 0 Å². The van der Waals surface area contributed by atoms with Crippen molar-refractivity contribution < 1.29 is 17.5 Å². The standard InChI is InChI=1S/C17H17FN2O3S3/c1-23-10-9-20-15-8-5-13(24-2)11-16(15)25-17(20)19-26(21,22)14-6-3-12(18)4-7-14/h3-8,11H,9-10H2,1-2H3/b19-17-. The molecule has 26 heavy (non-hydrogen) atoms. The average molecular weight is 413 g/mol. The minimum atomic E-state index is -3.94. The van der Waals surface area contributed by atoms with Crippen LogP contribution >= 0.6 is 23.1 Å². The minimum Gasteiger partial charge on any atom is -0.383 e. The lowest BCUT2D eigenvalue weighted by Crippen LogP contribution is -2.19. The maximum Gasteiger partial charge on any atom is 0.285 e. The van der Waals surface area contributed by atoms with E-state index in [4.69, 9.17) is 4.74 Å². The molecule has 0 fully saturated rings. The van der Waals surface area contributed by atoms with Crippen molar-refractivity contribution in [3.05, 3.63) is 53.1 Å². The maximum absolute atomic E-state index is 13.1. The first-order chi connectivity index (χ1) is 12.4. The van der Waals surface area contributed by atoms with Crippen LogP contribution in [0.5, 0.6) is 0 Å². The minimum absolute atomic E-state index is 0.0422. The van der Waals surface area contributed by atoms with Crippen LogP contribution in [0.15, 0.2) is 56.7 Å². The topological polar surface area (TPSA) is 60.7 Å². The van der Waals surface area contributed by atoms with Crippen LogP contribution in [0.2, 0.25) is 0 Å². The molecule has 0 bridgehead atoms. The van der Waals surface area contributed by atoms with E-state index < -0.39 is 15.8 Å². The fourth-order valence-corrected chi connectivity index (χ4v) is 5.22. The Morgan fingerprint density at radius 3 is 2.62 bits per heavy atom. The second-order valence-electron chi connectivity index (χ2n) is 5.38. The van der Waals surface area contributed by atoms with E-state index in [1.807, 2.05) is 29.0 Å². The van der Waals surface area contributed by atoms with Gasteiger partial charge in [0.15, 0.2) is 0 Å². The molecule has 0 saturated heterocycles. The Hall–Kier alpha value is -1.68. The number of aromatic nitrogens is 1. The first-order valence-corrected chi connectivity index (χ1v) is 11.2. The molecule has 0 atom stereocenters. The third-order valence-corrected chi connectivity index (χ3v) is 6.88. The Kier molecular flexibility index (Phi) is 5.81. The zero-order valence-corrected chi connectivity index (χ0v) is 16.6. The molecule has 0 saturated carbocycles. The number of hydrogen-bond donors (Lipinski definition) is 0. The number of benzene rings is 2. The number of halogens is 1. The van der Waals surface area contributed by atoms with E-state index in [1.165, 1.54) is 23.5 Å². The maximum atomic E-state index is 13.1. The summed E-state index contributed by atoms with van der Waals surface area (Å²) in [6.45, 7) is 0.910. The molecule has 9 heteroatoms. The molecule has 3 aromatic rings. The van der Waals surface area contributed by atoms with Gasteiger partial charge in [-0.25, -0.2) is 4.39 Å². The zero-order chi connectivity index (χ0) is 18.7. The molecule has 0 N–H and O–H groups in total. The first kappa shape index (κ1) is 19.1. The van der Waals surface area contributed by atoms with Crippen LogP contribution in [0.4, 0.5) is 4.39 Å². The quantitative estimate of drug-likeness (QED) is 0.582. The molecule has 0 radical (unpaired) electrons. The normalized spacial score (nSPS) is 12.8. The number of nitrogens with zero attached hydrogens (tertiary/aromatic N) is 2. The molecule has 0 aliphatic heterocycles. The van der Waals surface area contributed by atoms with Crippen molar-refractivity contribution in [1.82, 2.24) is 4.57 Å². The van der Waals surface area contributed by atoms with Gasteiger partial charge in [0.05, 0.1) is 21.7 Å². The Labute approximate surface area is 159 Å². The molecule has 1 heterocycles. The van der Waals surface area contributed by atoms with Crippen LogP contribution in [0.1, 0.15) is 0 Å². The third-order valence-electron chi connectivity index (χ3n) is 3.72. The number of methoxy groups -OCH3 is 1. The van der Waals surface area contributed by atoms with Gasteiger partial charge >= 0.3 is 0 Å². The lowest BCUT2D eigenvalue weighted by atomic mass is 10.3. The average Bonchev–Trinajstić information content (AvgIpc) is 2.95. The van der Waals surface area contributed by atoms with Crippen LogP contribution < -0.4 is 4.80 Å². The molecule has 2 aromatic carbocycles. The Balaban J connectivity index is 2.18. The van der Waals surface area contributed by atoms with E-state index >= 15 is 0 Å². The number of ether oxygens (including phenoxy) is 1. The molecule has 1 aromatic heterocycles. The summed E-state index contributed by atoms with van der Waals surface area (Å²) >= 11 is 2.92. The van der Waals surface area contributed by atoms with Crippen LogP contribution in [0, 0.1) is 5.82 Å². The monoisotopic (exact) mass is 412 g/mol. The predicted octanol–water partition coefficient (Wildman–Crippen LogP) is 3.50. The van der Waals surface area contributed by atoms with Gasteiger partial charge in [0, 0.05) is 18.6 Å². The van der Waals surface area contributed by atoms with Crippen LogP contribution in [0.25, 0.3) is 10.2 Å². The number of thiazole rings is 1. The van der Waals surface area contributed by atoms with Crippen molar-refractivity contribution in [2.24, 2.45) is 4.40 Å². The fraction of sp³-hybridized carbons (Fsp3) is 0.235. The highest BCUT2D eigenvalue weighted by Crippen LogP contribution is 2.24. The summed E-state index contributed by atoms with van der Waals surface area (Å²) in [4.78, 5) is 1.41. The molecule has 0 amide bonds. The van der Waals surface area contributed by atoms with Crippen molar-refractivity contribution in [3.63, 3.8) is 0 Å². The molecule has 3 rings (SSSR count). The fourth-order valence-electron chi connectivity index (χ4n) is 2.41. The molecular weight excluding hydrogens is 395 g/mol. The van der Waals surface area contributed by atoms with Crippen LogP contribution in [-0.2, 0) is 21.3 Å². The summed E-state index contributed by atoms with van der Waals surface area (Å²) in [6.07, 6.45) is 1.98. The van der Waals surface area contributed by atoms with Crippen LogP contribution in [-0.4, -0.2) is 33.0 Å². The highest BCUT2D eigenvalue weighted by Gasteiger charge is 2.15. The van der Waals surface area contributed by atoms with E-state index in [-0.39, 0.29) is 4.90 Å². The second kappa shape index (κ2) is 7.91. The first-order valence-electron chi connectivity index (χ1n) is 7.67. The van der Waals surface area contributed by atoms with Gasteiger partial charge in [-0.1, -0.05) is 11.3 Å². The van der Waals surface area contributed by atoms with E-state index in [0.29, 0.717) is 18.0 Å². The number of thioether (sulfide) groups is 1. The molecule has 138 valence electrons. The number of rotatable bonds is 6. The SMILES string of the molecule is COCCn1/c(=N/S(=O)(=O)c2ccc(F)cc2)sc2cc(SC)ccc21. The highest BCUT2D eigenvalue weighted by molar-refractivity contribution is 7.98. The van der Waals surface area contributed by atoms with Crippen molar-refractivity contribution in [2.45, 2.75) is 16.3 Å². The van der Waals surface area contributed by atoms with Gasteiger partial charge in [-0.3, -0.25) is 0 Å². The highest BCUT2D eigenvalue weighted by atomic mass is 32.2. The molecule has 0 aliphatic carbocycles. The van der Waals surface area contributed by atoms with Gasteiger partial charge in [0.2, 0.25) is 4.80 Å². The Morgan fingerprint density at radius 2 is 1.96 bits per heavy atom. The summed E-state index contributed by atoms with van der Waals surface area (Å²) in [5.74, 6) is -0.495. The van der Waals surface area contributed by atoms with Crippen molar-refractivity contribution in [2.75, 3.05) is 20.0 Å². The zero-order valence-electron chi connectivity index (χ0n) is 14.2. The van der Waals surface area contributed by atoms with Gasteiger partial charge in [-0.05, 0) is 48.7 Å². The van der Waals surface area contributed by atoms with Gasteiger partial charge in [0.25, 0.3) is 10.0 Å². The third kappa shape index (κ3) is 4.01. The molecular formula is C17H17FN2O3S3. The lowest BCUT2D eigenvalue weighted by Gasteiger charge is -2.05. The van der Waals surface area contributed by atoms with Crippen molar-refractivity contribution in [1.29, 1.82) is 0 Å². The van der Waals surface area contributed by atoms with E-state index in [9.17, 15) is 12.8 Å². The number of hydrogen-bond acceptors (Lipinski definition) is 5. The second-order valence-corrected chi connectivity index (χ2v) is 8.88. The van der Waals surface area contributed by atoms with Gasteiger partial charge in [-0.15, -0.1) is 16.2 Å². The summed E-state index contributed by atoms with van der Waals surface area (Å²) in [5, 5.41) is 0. The van der Waals surface area contributed by atoms with E-state index in [0.717, 1.165) is 27.2 Å². The predicted molar refractivity (Wildman–Crippen MR) is 103 cm³/mol. The van der Waals surface area contributed by atoms with Crippen molar-refractivity contribution >= 4 is 43.3 Å². The Morgan fingerprint density at radius 1 is 1.23 bits per heavy atom. The smallest absolute Gasteiger partial charge is 0.285 e. The lowest BCUT2D eigenvalue weighted by molar-refractivity contribution is 0.187. The molecule has 0 spiro atoms. The molecule has 5 nitrogen and oxygen atoms in total. The summed E-state index contributed by atoms with van der Waals surface area (Å²) < 4.78 is 50.2. The van der Waals surface area contributed by atoms with Crippen molar-refractivity contribution in [3.8, 4) is 0 Å². The van der Waals surface area contributed by atoms with E-state index in [1.54, 1.807) is 18.9 Å². The van der Waals surface area contributed by atoms with E-state index in [2.05, 4.69) is 4.40 Å². The summed E-state index contributed by atoms with van der Waals surface area (Å²) in [6, 6.07) is 10.6. The molecule has 0 unspecified atom stereocenters. The number of fused-ring (bicyclic) bond motifs is 1. The Bertz CT molecular complexity index is 1090.